The molecule has 0 heterocycles. The van der Waals surface area contributed by atoms with E-state index >= 15 is 0 Å². The molecule has 0 bridgehead atoms. The third-order valence-corrected chi connectivity index (χ3v) is 3.17. The van der Waals surface area contributed by atoms with Gasteiger partial charge in [0.2, 0.25) is 5.91 Å². The molecular weight excluding hydrogens is 259 g/mol. The highest BCUT2D eigenvalue weighted by atomic mass is 19.1. The number of halogens is 1. The van der Waals surface area contributed by atoms with Gasteiger partial charge in [0.25, 0.3) is 0 Å². The molecule has 112 valence electrons. The van der Waals surface area contributed by atoms with E-state index in [0.29, 0.717) is 38.0 Å². The van der Waals surface area contributed by atoms with E-state index in [1.54, 1.807) is 24.1 Å². The Hall–Kier alpha value is -1.46. The Bertz CT molecular complexity index is 426. The first kappa shape index (κ1) is 16.6. The number of methoxy groups -OCH3 is 1. The van der Waals surface area contributed by atoms with Crippen LogP contribution in [0.1, 0.15) is 26.2 Å². The molecule has 1 unspecified atom stereocenters. The van der Waals surface area contributed by atoms with E-state index < -0.39 is 0 Å². The van der Waals surface area contributed by atoms with Crippen LogP contribution in [0, 0.1) is 5.82 Å². The fourth-order valence-corrected chi connectivity index (χ4v) is 1.87. The zero-order chi connectivity index (χ0) is 15.0. The summed E-state index contributed by atoms with van der Waals surface area (Å²) in [6.45, 7) is 2.91. The predicted octanol–water partition coefficient (Wildman–Crippen LogP) is 2.32. The standard InChI is InChI=1S/C15H23FN2O2/c1-12(20-2)7-8-15(19)18(10-4-9-17)14-6-3-5-13(16)11-14/h3,5-6,11-12H,4,7-10,17H2,1-2H3. The highest BCUT2D eigenvalue weighted by molar-refractivity contribution is 5.93. The summed E-state index contributed by atoms with van der Waals surface area (Å²) in [6, 6.07) is 6.07. The molecule has 0 aliphatic carbocycles. The van der Waals surface area contributed by atoms with Gasteiger partial charge in [-0.05, 0) is 44.5 Å². The van der Waals surface area contributed by atoms with Gasteiger partial charge in [-0.1, -0.05) is 6.07 Å². The van der Waals surface area contributed by atoms with Gasteiger partial charge in [0.1, 0.15) is 5.82 Å². The second-order valence-corrected chi connectivity index (χ2v) is 4.75. The Balaban J connectivity index is 2.75. The monoisotopic (exact) mass is 282 g/mol. The van der Waals surface area contributed by atoms with E-state index in [4.69, 9.17) is 10.5 Å². The van der Waals surface area contributed by atoms with Gasteiger partial charge >= 0.3 is 0 Å². The molecule has 0 spiro atoms. The minimum Gasteiger partial charge on any atom is -0.382 e. The number of hydrogen-bond acceptors (Lipinski definition) is 3. The van der Waals surface area contributed by atoms with Crippen LogP contribution in [0.5, 0.6) is 0 Å². The summed E-state index contributed by atoms with van der Waals surface area (Å²) in [5, 5.41) is 0. The van der Waals surface area contributed by atoms with Crippen LogP contribution < -0.4 is 10.6 Å². The van der Waals surface area contributed by atoms with Crippen molar-refractivity contribution in [2.75, 3.05) is 25.1 Å². The van der Waals surface area contributed by atoms with Gasteiger partial charge < -0.3 is 15.4 Å². The number of rotatable bonds is 8. The predicted molar refractivity (Wildman–Crippen MR) is 78.1 cm³/mol. The summed E-state index contributed by atoms with van der Waals surface area (Å²) in [4.78, 5) is 13.9. The number of benzene rings is 1. The highest BCUT2D eigenvalue weighted by Crippen LogP contribution is 2.18. The molecule has 0 fully saturated rings. The Morgan fingerprint density at radius 3 is 2.85 bits per heavy atom. The Kier molecular flexibility index (Phi) is 7.18. The molecule has 4 nitrogen and oxygen atoms in total. The van der Waals surface area contributed by atoms with Crippen molar-refractivity contribution in [2.24, 2.45) is 5.73 Å². The van der Waals surface area contributed by atoms with Crippen molar-refractivity contribution < 1.29 is 13.9 Å². The van der Waals surface area contributed by atoms with Crippen molar-refractivity contribution in [3.8, 4) is 0 Å². The maximum atomic E-state index is 13.3. The molecule has 0 aromatic heterocycles. The maximum absolute atomic E-state index is 13.3. The van der Waals surface area contributed by atoms with E-state index in [1.807, 2.05) is 6.92 Å². The molecule has 0 aliphatic rings. The summed E-state index contributed by atoms with van der Waals surface area (Å²) in [6.07, 6.45) is 1.73. The molecule has 2 N–H and O–H groups in total. The Morgan fingerprint density at radius 2 is 2.25 bits per heavy atom. The number of anilines is 1. The number of ether oxygens (including phenoxy) is 1. The van der Waals surface area contributed by atoms with E-state index in [1.165, 1.54) is 12.1 Å². The van der Waals surface area contributed by atoms with Crippen molar-refractivity contribution in [1.29, 1.82) is 0 Å². The summed E-state index contributed by atoms with van der Waals surface area (Å²) >= 11 is 0. The fraction of sp³-hybridized carbons (Fsp3) is 0.533. The zero-order valence-electron chi connectivity index (χ0n) is 12.1. The Labute approximate surface area is 119 Å². The lowest BCUT2D eigenvalue weighted by Gasteiger charge is -2.23. The number of carbonyl (C=O) groups is 1. The molecule has 0 saturated carbocycles. The number of carbonyl (C=O) groups excluding carboxylic acids is 1. The van der Waals surface area contributed by atoms with Crippen molar-refractivity contribution in [1.82, 2.24) is 0 Å². The molecule has 0 radical (unpaired) electrons. The van der Waals surface area contributed by atoms with Gasteiger partial charge in [-0.15, -0.1) is 0 Å². The first-order valence-electron chi connectivity index (χ1n) is 6.87. The van der Waals surface area contributed by atoms with Crippen molar-refractivity contribution in [3.63, 3.8) is 0 Å². The van der Waals surface area contributed by atoms with Gasteiger partial charge in [-0.3, -0.25) is 4.79 Å². The second-order valence-electron chi connectivity index (χ2n) is 4.75. The van der Waals surface area contributed by atoms with Crippen LogP contribution >= 0.6 is 0 Å². The summed E-state index contributed by atoms with van der Waals surface area (Å²) in [5.41, 5.74) is 6.07. The lowest BCUT2D eigenvalue weighted by atomic mass is 10.1. The van der Waals surface area contributed by atoms with Crippen molar-refractivity contribution in [3.05, 3.63) is 30.1 Å². The number of nitrogens with zero attached hydrogens (tertiary/aromatic N) is 1. The normalized spacial score (nSPS) is 12.2. The first-order chi connectivity index (χ1) is 9.58. The Morgan fingerprint density at radius 1 is 1.50 bits per heavy atom. The molecule has 5 heteroatoms. The SMILES string of the molecule is COC(C)CCC(=O)N(CCCN)c1cccc(F)c1. The third-order valence-electron chi connectivity index (χ3n) is 3.17. The van der Waals surface area contributed by atoms with Crippen LogP contribution in [0.3, 0.4) is 0 Å². The molecule has 0 saturated heterocycles. The van der Waals surface area contributed by atoms with Crippen LogP contribution in [0.2, 0.25) is 0 Å². The van der Waals surface area contributed by atoms with E-state index in [0.717, 1.165) is 0 Å². The molecule has 1 amide bonds. The van der Waals surface area contributed by atoms with Crippen molar-refractivity contribution >= 4 is 11.6 Å². The van der Waals surface area contributed by atoms with Gasteiger partial charge in [-0.25, -0.2) is 4.39 Å². The highest BCUT2D eigenvalue weighted by Gasteiger charge is 2.16. The molecule has 1 rings (SSSR count). The van der Waals surface area contributed by atoms with Crippen molar-refractivity contribution in [2.45, 2.75) is 32.3 Å². The molecule has 20 heavy (non-hydrogen) atoms. The molecule has 1 aromatic carbocycles. The van der Waals surface area contributed by atoms with E-state index in [9.17, 15) is 9.18 Å². The molecular formula is C15H23FN2O2. The number of nitrogens with two attached hydrogens (primary N) is 1. The van der Waals surface area contributed by atoms with Gasteiger partial charge in [0.05, 0.1) is 6.10 Å². The summed E-state index contributed by atoms with van der Waals surface area (Å²) in [5.74, 6) is -0.383. The average molecular weight is 282 g/mol. The molecule has 1 atom stereocenters. The number of hydrogen-bond donors (Lipinski definition) is 1. The topological polar surface area (TPSA) is 55.6 Å². The molecule has 0 aliphatic heterocycles. The van der Waals surface area contributed by atoms with Gasteiger partial charge in [0, 0.05) is 25.8 Å². The molecule has 1 aromatic rings. The maximum Gasteiger partial charge on any atom is 0.227 e. The van der Waals surface area contributed by atoms with Crippen LogP contribution in [0.15, 0.2) is 24.3 Å². The smallest absolute Gasteiger partial charge is 0.227 e. The van der Waals surface area contributed by atoms with Crippen LogP contribution in [-0.4, -0.2) is 32.2 Å². The summed E-state index contributed by atoms with van der Waals surface area (Å²) < 4.78 is 18.4. The second kappa shape index (κ2) is 8.66. The van der Waals surface area contributed by atoms with Crippen LogP contribution in [0.4, 0.5) is 10.1 Å². The summed E-state index contributed by atoms with van der Waals surface area (Å²) in [7, 11) is 1.62. The van der Waals surface area contributed by atoms with Gasteiger partial charge in [-0.2, -0.15) is 0 Å². The zero-order valence-corrected chi connectivity index (χ0v) is 12.1. The lowest BCUT2D eigenvalue weighted by Crippen LogP contribution is -2.33. The van der Waals surface area contributed by atoms with Crippen LogP contribution in [-0.2, 0) is 9.53 Å². The van der Waals surface area contributed by atoms with E-state index in [-0.39, 0.29) is 17.8 Å². The van der Waals surface area contributed by atoms with Gasteiger partial charge in [0.15, 0.2) is 0 Å². The number of amides is 1. The quantitative estimate of drug-likeness (QED) is 0.796. The van der Waals surface area contributed by atoms with E-state index in [2.05, 4.69) is 0 Å². The fourth-order valence-electron chi connectivity index (χ4n) is 1.87. The van der Waals surface area contributed by atoms with Crippen LogP contribution in [0.25, 0.3) is 0 Å². The third kappa shape index (κ3) is 5.27. The lowest BCUT2D eigenvalue weighted by molar-refractivity contribution is -0.119. The average Bonchev–Trinajstić information content (AvgIpc) is 2.45. The largest absolute Gasteiger partial charge is 0.382 e. The first-order valence-corrected chi connectivity index (χ1v) is 6.87. The minimum absolute atomic E-state index is 0.0304. The minimum atomic E-state index is -0.349.